The first kappa shape index (κ1) is 13.7. The Labute approximate surface area is 130 Å². The van der Waals surface area contributed by atoms with E-state index >= 15 is 0 Å². The van der Waals surface area contributed by atoms with Gasteiger partial charge >= 0.3 is 0 Å². The number of piperidine rings is 1. The van der Waals surface area contributed by atoms with Crippen LogP contribution in [0, 0.1) is 11.3 Å². The van der Waals surface area contributed by atoms with Gasteiger partial charge in [-0.3, -0.25) is 9.69 Å². The molecule has 0 radical (unpaired) electrons. The molecule has 3 heterocycles. The quantitative estimate of drug-likeness (QED) is 0.857. The lowest BCUT2D eigenvalue weighted by Gasteiger charge is -2.37. The fourth-order valence-corrected chi connectivity index (χ4v) is 4.46. The molecule has 0 bridgehead atoms. The zero-order valence-corrected chi connectivity index (χ0v) is 13.3. The zero-order chi connectivity index (χ0) is 14.3. The average Bonchev–Trinajstić information content (AvgIpc) is 3.09. The summed E-state index contributed by atoms with van der Waals surface area (Å²) < 4.78 is 0. The summed E-state index contributed by atoms with van der Waals surface area (Å²) in [5.74, 6) is 1.28. The SMILES string of the molecule is O=C1N(CC2CC2)CCC12CCN(Cc1nccs1)CC2. The molecule has 21 heavy (non-hydrogen) atoms. The number of hydrogen-bond donors (Lipinski definition) is 0. The molecule has 4 nitrogen and oxygen atoms in total. The maximum absolute atomic E-state index is 12.8. The second-order valence-electron chi connectivity index (χ2n) is 6.93. The lowest BCUT2D eigenvalue weighted by atomic mass is 9.77. The highest BCUT2D eigenvalue weighted by Gasteiger charge is 2.48. The zero-order valence-electron chi connectivity index (χ0n) is 12.5. The van der Waals surface area contributed by atoms with Gasteiger partial charge in [-0.15, -0.1) is 11.3 Å². The van der Waals surface area contributed by atoms with Crippen LogP contribution in [0.25, 0.3) is 0 Å². The smallest absolute Gasteiger partial charge is 0.228 e. The van der Waals surface area contributed by atoms with Gasteiger partial charge in [-0.2, -0.15) is 0 Å². The van der Waals surface area contributed by atoms with Crippen molar-refractivity contribution >= 4 is 17.2 Å². The van der Waals surface area contributed by atoms with Gasteiger partial charge in [0.1, 0.15) is 5.01 Å². The molecule has 0 aromatic carbocycles. The van der Waals surface area contributed by atoms with Crippen molar-refractivity contribution in [2.45, 2.75) is 38.6 Å². The van der Waals surface area contributed by atoms with Crippen LogP contribution < -0.4 is 0 Å². The molecule has 0 N–H and O–H groups in total. The van der Waals surface area contributed by atoms with Crippen molar-refractivity contribution in [2.75, 3.05) is 26.2 Å². The maximum atomic E-state index is 12.8. The van der Waals surface area contributed by atoms with Crippen molar-refractivity contribution in [1.29, 1.82) is 0 Å². The topological polar surface area (TPSA) is 36.4 Å². The van der Waals surface area contributed by atoms with Crippen molar-refractivity contribution in [1.82, 2.24) is 14.8 Å². The molecule has 1 spiro atoms. The van der Waals surface area contributed by atoms with Crippen molar-refractivity contribution in [3.8, 4) is 0 Å². The largest absolute Gasteiger partial charge is 0.342 e. The number of likely N-dealkylation sites (tertiary alicyclic amines) is 2. The fraction of sp³-hybridized carbons (Fsp3) is 0.750. The summed E-state index contributed by atoms with van der Waals surface area (Å²) in [6.07, 6.45) is 7.71. The van der Waals surface area contributed by atoms with Crippen LogP contribution in [-0.2, 0) is 11.3 Å². The summed E-state index contributed by atoms with van der Waals surface area (Å²) in [7, 11) is 0. The van der Waals surface area contributed by atoms with Crippen LogP contribution >= 0.6 is 11.3 Å². The van der Waals surface area contributed by atoms with Crippen LogP contribution in [0.2, 0.25) is 0 Å². The third-order valence-corrected chi connectivity index (χ3v) is 6.20. The van der Waals surface area contributed by atoms with Gasteiger partial charge in [0.15, 0.2) is 0 Å². The van der Waals surface area contributed by atoms with Gasteiger partial charge in [0.25, 0.3) is 0 Å². The Morgan fingerprint density at radius 3 is 2.67 bits per heavy atom. The minimum atomic E-state index is -0.0196. The van der Waals surface area contributed by atoms with E-state index in [-0.39, 0.29) is 5.41 Å². The summed E-state index contributed by atoms with van der Waals surface area (Å²) in [6, 6.07) is 0. The van der Waals surface area contributed by atoms with Crippen LogP contribution in [0.5, 0.6) is 0 Å². The van der Waals surface area contributed by atoms with E-state index < -0.39 is 0 Å². The predicted molar refractivity (Wildman–Crippen MR) is 83.0 cm³/mol. The van der Waals surface area contributed by atoms with Crippen molar-refractivity contribution in [3.63, 3.8) is 0 Å². The van der Waals surface area contributed by atoms with Crippen LogP contribution in [0.3, 0.4) is 0 Å². The third kappa shape index (κ3) is 2.73. The van der Waals surface area contributed by atoms with Crippen LogP contribution in [0.15, 0.2) is 11.6 Å². The summed E-state index contributed by atoms with van der Waals surface area (Å²) in [5, 5.41) is 3.23. The highest BCUT2D eigenvalue weighted by molar-refractivity contribution is 7.09. The van der Waals surface area contributed by atoms with Crippen molar-refractivity contribution in [2.24, 2.45) is 11.3 Å². The summed E-state index contributed by atoms with van der Waals surface area (Å²) >= 11 is 1.73. The third-order valence-electron chi connectivity index (χ3n) is 5.43. The van der Waals surface area contributed by atoms with E-state index in [1.54, 1.807) is 11.3 Å². The molecule has 0 unspecified atom stereocenters. The first-order chi connectivity index (χ1) is 10.3. The van der Waals surface area contributed by atoms with E-state index in [0.29, 0.717) is 5.91 Å². The summed E-state index contributed by atoms with van der Waals surface area (Å²) in [5.41, 5.74) is -0.0196. The predicted octanol–water partition coefficient (Wildman–Crippen LogP) is 2.37. The summed E-state index contributed by atoms with van der Waals surface area (Å²) in [6.45, 7) is 5.07. The Morgan fingerprint density at radius 1 is 1.24 bits per heavy atom. The monoisotopic (exact) mass is 305 g/mol. The first-order valence-electron chi connectivity index (χ1n) is 8.15. The molecule has 2 aliphatic heterocycles. The number of aromatic nitrogens is 1. The standard InChI is InChI=1S/C16H23N3OS/c20-15-16(5-9-19(15)11-13-1-2-13)3-7-18(8-4-16)12-14-17-6-10-21-14/h6,10,13H,1-5,7-9,11-12H2. The van der Waals surface area contributed by atoms with Gasteiger partial charge in [-0.1, -0.05) is 0 Å². The number of rotatable bonds is 4. The molecular weight excluding hydrogens is 282 g/mol. The Morgan fingerprint density at radius 2 is 2.00 bits per heavy atom. The van der Waals surface area contributed by atoms with Gasteiger partial charge in [0.2, 0.25) is 5.91 Å². The normalized spacial score (nSPS) is 25.9. The molecule has 2 saturated heterocycles. The number of amides is 1. The first-order valence-corrected chi connectivity index (χ1v) is 9.03. The Hall–Kier alpha value is -0.940. The highest BCUT2D eigenvalue weighted by atomic mass is 32.1. The van der Waals surface area contributed by atoms with Gasteiger partial charge in [-0.05, 0) is 51.1 Å². The molecule has 1 saturated carbocycles. The molecule has 0 atom stereocenters. The molecule has 1 aromatic rings. The van der Waals surface area contributed by atoms with E-state index in [1.807, 2.05) is 11.6 Å². The number of thiazole rings is 1. The Balaban J connectivity index is 1.34. The second kappa shape index (κ2) is 5.36. The number of carbonyl (C=O) groups excluding carboxylic acids is 1. The molecule has 5 heteroatoms. The average molecular weight is 305 g/mol. The number of carbonyl (C=O) groups is 1. The number of hydrogen-bond acceptors (Lipinski definition) is 4. The van der Waals surface area contributed by atoms with E-state index in [0.717, 1.165) is 57.9 Å². The van der Waals surface area contributed by atoms with E-state index in [1.165, 1.54) is 17.8 Å². The lowest BCUT2D eigenvalue weighted by Crippen LogP contribution is -2.44. The van der Waals surface area contributed by atoms with E-state index in [2.05, 4.69) is 14.8 Å². The van der Waals surface area contributed by atoms with Crippen LogP contribution in [0.4, 0.5) is 0 Å². The fourth-order valence-electron chi connectivity index (χ4n) is 3.80. The van der Waals surface area contributed by atoms with Gasteiger partial charge in [0, 0.05) is 24.7 Å². The molecule has 3 fully saturated rings. The van der Waals surface area contributed by atoms with E-state index in [4.69, 9.17) is 0 Å². The Bertz CT molecular complexity index is 504. The molecule has 1 amide bonds. The Kier molecular flexibility index (Phi) is 3.50. The van der Waals surface area contributed by atoms with Crippen LogP contribution in [-0.4, -0.2) is 46.9 Å². The molecular formula is C16H23N3OS. The summed E-state index contributed by atoms with van der Waals surface area (Å²) in [4.78, 5) is 21.8. The molecule has 4 rings (SSSR count). The lowest BCUT2D eigenvalue weighted by molar-refractivity contribution is -0.138. The highest BCUT2D eigenvalue weighted by Crippen LogP contribution is 2.43. The molecule has 3 aliphatic rings. The second-order valence-corrected chi connectivity index (χ2v) is 7.91. The van der Waals surface area contributed by atoms with Crippen LogP contribution in [0.1, 0.15) is 37.1 Å². The molecule has 114 valence electrons. The van der Waals surface area contributed by atoms with Crippen molar-refractivity contribution < 1.29 is 4.79 Å². The minimum Gasteiger partial charge on any atom is -0.342 e. The number of nitrogens with zero attached hydrogens (tertiary/aromatic N) is 3. The maximum Gasteiger partial charge on any atom is 0.228 e. The molecule has 1 aliphatic carbocycles. The van der Waals surface area contributed by atoms with Crippen molar-refractivity contribution in [3.05, 3.63) is 16.6 Å². The van der Waals surface area contributed by atoms with E-state index in [9.17, 15) is 4.79 Å². The van der Waals surface area contributed by atoms with Gasteiger partial charge in [-0.25, -0.2) is 4.98 Å². The minimum absolute atomic E-state index is 0.0196. The molecule has 1 aromatic heterocycles. The van der Waals surface area contributed by atoms with Gasteiger partial charge < -0.3 is 4.90 Å². The van der Waals surface area contributed by atoms with Gasteiger partial charge in [0.05, 0.1) is 12.0 Å².